The SMILES string of the molecule is CCc1c(C(=O)/C=C/[O-])oc2ccccc12.[Na+]. The van der Waals surface area contributed by atoms with Crippen LogP contribution in [-0.2, 0) is 6.42 Å². The van der Waals surface area contributed by atoms with E-state index in [1.165, 1.54) is 0 Å². The second kappa shape index (κ2) is 6.05. The van der Waals surface area contributed by atoms with E-state index in [0.717, 1.165) is 17.0 Å². The van der Waals surface area contributed by atoms with E-state index in [-0.39, 0.29) is 41.1 Å². The van der Waals surface area contributed by atoms with Crippen LogP contribution in [0.15, 0.2) is 41.0 Å². The van der Waals surface area contributed by atoms with Crippen molar-refractivity contribution < 1.29 is 43.9 Å². The van der Waals surface area contributed by atoms with Gasteiger partial charge in [0.05, 0.1) is 0 Å². The first kappa shape index (κ1) is 14.0. The molecule has 0 fully saturated rings. The second-order valence-corrected chi connectivity index (χ2v) is 3.43. The van der Waals surface area contributed by atoms with Gasteiger partial charge in [0.1, 0.15) is 5.58 Å². The molecule has 82 valence electrons. The van der Waals surface area contributed by atoms with Gasteiger partial charge < -0.3 is 9.52 Å². The minimum absolute atomic E-state index is 0. The van der Waals surface area contributed by atoms with Gasteiger partial charge in [-0.05, 0) is 18.6 Å². The van der Waals surface area contributed by atoms with Crippen molar-refractivity contribution >= 4 is 16.8 Å². The van der Waals surface area contributed by atoms with Crippen LogP contribution in [0.25, 0.3) is 11.0 Å². The van der Waals surface area contributed by atoms with E-state index in [0.29, 0.717) is 18.3 Å². The normalized spacial score (nSPS) is 10.6. The molecule has 1 heterocycles. The quantitative estimate of drug-likeness (QED) is 0.300. The summed E-state index contributed by atoms with van der Waals surface area (Å²) in [5, 5.41) is 11.2. The standard InChI is InChI=1S/C13H12O3.Na/c1-2-9-10-5-3-4-6-12(10)16-13(9)11(15)7-8-14;/h3-8,14H,2H2,1H3;/q;+1/p-1/b8-7+;. The second-order valence-electron chi connectivity index (χ2n) is 3.43. The number of para-hydroxylation sites is 1. The van der Waals surface area contributed by atoms with E-state index in [2.05, 4.69) is 0 Å². The molecule has 0 amide bonds. The molecule has 0 N–H and O–H groups in total. The summed E-state index contributed by atoms with van der Waals surface area (Å²) in [6, 6.07) is 7.47. The Balaban J connectivity index is 0.00000144. The van der Waals surface area contributed by atoms with Crippen molar-refractivity contribution in [2.45, 2.75) is 13.3 Å². The third kappa shape index (κ3) is 2.63. The molecule has 1 aromatic heterocycles. The van der Waals surface area contributed by atoms with E-state index in [1.807, 2.05) is 31.2 Å². The van der Waals surface area contributed by atoms with Crippen LogP contribution < -0.4 is 34.7 Å². The number of benzene rings is 1. The van der Waals surface area contributed by atoms with E-state index < -0.39 is 0 Å². The maximum atomic E-state index is 11.6. The summed E-state index contributed by atoms with van der Waals surface area (Å²) in [5.74, 6) is -0.0983. The number of hydrogen-bond acceptors (Lipinski definition) is 3. The number of furan rings is 1. The van der Waals surface area contributed by atoms with E-state index in [4.69, 9.17) is 4.42 Å². The summed E-state index contributed by atoms with van der Waals surface area (Å²) in [6.07, 6.45) is 2.16. The number of fused-ring (bicyclic) bond motifs is 1. The van der Waals surface area contributed by atoms with Crippen LogP contribution in [0.4, 0.5) is 0 Å². The molecular weight excluding hydrogens is 227 g/mol. The van der Waals surface area contributed by atoms with Crippen molar-refractivity contribution in [3.8, 4) is 0 Å². The number of carbonyl (C=O) groups excluding carboxylic acids is 1. The fraction of sp³-hybridized carbons (Fsp3) is 0.154. The van der Waals surface area contributed by atoms with Crippen LogP contribution in [0.2, 0.25) is 0 Å². The monoisotopic (exact) mass is 238 g/mol. The predicted molar refractivity (Wildman–Crippen MR) is 59.1 cm³/mol. The van der Waals surface area contributed by atoms with Gasteiger partial charge in [0.15, 0.2) is 5.76 Å². The number of ketones is 1. The molecule has 2 aromatic rings. The van der Waals surface area contributed by atoms with E-state index in [9.17, 15) is 9.90 Å². The number of allylic oxidation sites excluding steroid dienone is 1. The maximum Gasteiger partial charge on any atom is 1.00 e. The summed E-state index contributed by atoms with van der Waals surface area (Å²) in [6.45, 7) is 1.95. The largest absolute Gasteiger partial charge is 1.00 e. The van der Waals surface area contributed by atoms with Crippen molar-refractivity contribution in [3.05, 3.63) is 47.9 Å². The van der Waals surface area contributed by atoms with Crippen molar-refractivity contribution in [2.24, 2.45) is 0 Å². The molecule has 0 aliphatic heterocycles. The summed E-state index contributed by atoms with van der Waals surface area (Å²) < 4.78 is 5.46. The van der Waals surface area contributed by atoms with Crippen molar-refractivity contribution in [2.75, 3.05) is 0 Å². The Morgan fingerprint density at radius 1 is 1.41 bits per heavy atom. The first-order chi connectivity index (χ1) is 7.77. The summed E-state index contributed by atoms with van der Waals surface area (Å²) >= 11 is 0. The van der Waals surface area contributed by atoms with Gasteiger partial charge in [-0.25, -0.2) is 0 Å². The number of aryl methyl sites for hydroxylation is 1. The molecule has 0 bridgehead atoms. The summed E-state index contributed by atoms with van der Waals surface area (Å²) in [4.78, 5) is 11.6. The summed E-state index contributed by atoms with van der Waals surface area (Å²) in [5.41, 5.74) is 1.54. The van der Waals surface area contributed by atoms with Gasteiger partial charge in [0, 0.05) is 10.9 Å². The van der Waals surface area contributed by atoms with Crippen molar-refractivity contribution in [3.63, 3.8) is 0 Å². The van der Waals surface area contributed by atoms with Crippen LogP contribution in [0, 0.1) is 0 Å². The third-order valence-electron chi connectivity index (χ3n) is 2.50. The zero-order valence-corrected chi connectivity index (χ0v) is 11.9. The maximum absolute atomic E-state index is 11.6. The minimum atomic E-state index is -0.372. The molecule has 0 saturated heterocycles. The molecule has 3 nitrogen and oxygen atoms in total. The Morgan fingerprint density at radius 2 is 2.12 bits per heavy atom. The fourth-order valence-corrected chi connectivity index (χ4v) is 1.79. The minimum Gasteiger partial charge on any atom is -0.878 e. The number of carbonyl (C=O) groups is 1. The molecule has 0 saturated carbocycles. The Hall–Kier alpha value is -1.03. The summed E-state index contributed by atoms with van der Waals surface area (Å²) in [7, 11) is 0. The van der Waals surface area contributed by atoms with Crippen molar-refractivity contribution in [1.29, 1.82) is 0 Å². The Morgan fingerprint density at radius 3 is 2.76 bits per heavy atom. The van der Waals surface area contributed by atoms with Crippen LogP contribution in [0.1, 0.15) is 23.0 Å². The van der Waals surface area contributed by atoms with Gasteiger partial charge in [0.25, 0.3) is 0 Å². The Kier molecular flexibility index (Phi) is 5.00. The Labute approximate surface area is 121 Å². The van der Waals surface area contributed by atoms with E-state index >= 15 is 0 Å². The molecule has 17 heavy (non-hydrogen) atoms. The molecule has 0 atom stereocenters. The van der Waals surface area contributed by atoms with E-state index in [1.54, 1.807) is 0 Å². The molecule has 1 aromatic carbocycles. The van der Waals surface area contributed by atoms with Gasteiger partial charge in [0.2, 0.25) is 5.78 Å². The van der Waals surface area contributed by atoms with Gasteiger partial charge in [-0.2, -0.15) is 0 Å². The molecule has 0 aliphatic rings. The van der Waals surface area contributed by atoms with Gasteiger partial charge in [-0.1, -0.05) is 25.1 Å². The van der Waals surface area contributed by atoms with Gasteiger partial charge in [-0.3, -0.25) is 4.79 Å². The smallest absolute Gasteiger partial charge is 0.878 e. The van der Waals surface area contributed by atoms with Gasteiger partial charge in [-0.15, -0.1) is 6.26 Å². The zero-order valence-electron chi connectivity index (χ0n) is 9.90. The fourth-order valence-electron chi connectivity index (χ4n) is 1.79. The molecule has 0 aliphatic carbocycles. The molecular formula is C13H11NaO3. The average molecular weight is 238 g/mol. The van der Waals surface area contributed by atoms with Crippen LogP contribution in [0.5, 0.6) is 0 Å². The molecule has 0 radical (unpaired) electrons. The molecule has 0 spiro atoms. The average Bonchev–Trinajstić information content (AvgIpc) is 2.67. The predicted octanol–water partition coefficient (Wildman–Crippen LogP) is -0.944. The molecule has 2 rings (SSSR count). The van der Waals surface area contributed by atoms with Crippen LogP contribution in [0.3, 0.4) is 0 Å². The zero-order chi connectivity index (χ0) is 11.5. The molecule has 0 unspecified atom stereocenters. The first-order valence-corrected chi connectivity index (χ1v) is 5.11. The van der Waals surface area contributed by atoms with Crippen molar-refractivity contribution in [1.82, 2.24) is 0 Å². The first-order valence-electron chi connectivity index (χ1n) is 5.11. The third-order valence-corrected chi connectivity index (χ3v) is 2.50. The van der Waals surface area contributed by atoms with Gasteiger partial charge >= 0.3 is 29.6 Å². The van der Waals surface area contributed by atoms with Crippen LogP contribution in [-0.4, -0.2) is 5.78 Å². The number of rotatable bonds is 3. The molecule has 4 heteroatoms. The van der Waals surface area contributed by atoms with Crippen LogP contribution >= 0.6 is 0 Å². The Bertz CT molecular complexity index is 555. The topological polar surface area (TPSA) is 53.3 Å². The number of hydrogen-bond donors (Lipinski definition) is 0.